The topological polar surface area (TPSA) is 78.0 Å². The number of benzene rings is 2. The van der Waals surface area contributed by atoms with Crippen molar-refractivity contribution >= 4 is 9.84 Å². The van der Waals surface area contributed by atoms with Crippen molar-refractivity contribution in [1.29, 1.82) is 0 Å². The van der Waals surface area contributed by atoms with Gasteiger partial charge in [0.2, 0.25) is 0 Å². The predicted molar refractivity (Wildman–Crippen MR) is 90.0 cm³/mol. The monoisotopic (exact) mass is 345 g/mol. The quantitative estimate of drug-likeness (QED) is 0.788. The van der Waals surface area contributed by atoms with Crippen molar-refractivity contribution in [2.24, 2.45) is 5.73 Å². The first-order valence-corrected chi connectivity index (χ1v) is 9.11. The SMILES string of the molecule is CS(=O)(=O)c1ccc(-n2cc(-c3cc(F)cc(CN)c3)cn2)cc1. The van der Waals surface area contributed by atoms with E-state index >= 15 is 0 Å². The van der Waals surface area contributed by atoms with E-state index in [2.05, 4.69) is 5.10 Å². The average Bonchev–Trinajstić information content (AvgIpc) is 3.03. The Labute approximate surface area is 139 Å². The van der Waals surface area contributed by atoms with Gasteiger partial charge in [0, 0.05) is 24.6 Å². The molecule has 0 saturated carbocycles. The van der Waals surface area contributed by atoms with Gasteiger partial charge < -0.3 is 5.73 Å². The van der Waals surface area contributed by atoms with Crippen LogP contribution in [0.4, 0.5) is 4.39 Å². The molecular weight excluding hydrogens is 329 g/mol. The Kier molecular flexibility index (Phi) is 4.21. The minimum absolute atomic E-state index is 0.247. The van der Waals surface area contributed by atoms with Gasteiger partial charge in [-0.2, -0.15) is 5.10 Å². The first-order valence-electron chi connectivity index (χ1n) is 7.22. The molecule has 124 valence electrons. The van der Waals surface area contributed by atoms with E-state index in [9.17, 15) is 12.8 Å². The Balaban J connectivity index is 1.95. The van der Waals surface area contributed by atoms with E-state index in [0.29, 0.717) is 16.8 Å². The van der Waals surface area contributed by atoms with Crippen molar-refractivity contribution in [3.8, 4) is 16.8 Å². The van der Waals surface area contributed by atoms with E-state index in [0.717, 1.165) is 11.8 Å². The molecule has 0 atom stereocenters. The molecule has 2 N–H and O–H groups in total. The fourth-order valence-electron chi connectivity index (χ4n) is 2.39. The van der Waals surface area contributed by atoms with Crippen LogP contribution in [-0.2, 0) is 16.4 Å². The molecule has 3 aromatic rings. The van der Waals surface area contributed by atoms with Crippen LogP contribution < -0.4 is 5.73 Å². The molecule has 0 amide bonds. The minimum Gasteiger partial charge on any atom is -0.326 e. The van der Waals surface area contributed by atoms with E-state index in [1.54, 1.807) is 29.2 Å². The molecule has 0 spiro atoms. The zero-order valence-electron chi connectivity index (χ0n) is 13.0. The largest absolute Gasteiger partial charge is 0.326 e. The second-order valence-corrected chi connectivity index (χ2v) is 7.51. The van der Waals surface area contributed by atoms with E-state index in [1.807, 2.05) is 6.07 Å². The van der Waals surface area contributed by atoms with Gasteiger partial charge in [-0.05, 0) is 53.6 Å². The normalized spacial score (nSPS) is 11.6. The molecule has 3 rings (SSSR count). The molecule has 2 aromatic carbocycles. The summed E-state index contributed by atoms with van der Waals surface area (Å²) in [7, 11) is -3.24. The molecule has 1 heterocycles. The number of aromatic nitrogens is 2. The zero-order valence-corrected chi connectivity index (χ0v) is 13.8. The Bertz CT molecular complexity index is 979. The molecule has 1 aromatic heterocycles. The summed E-state index contributed by atoms with van der Waals surface area (Å²) in [5, 5.41) is 4.25. The van der Waals surface area contributed by atoms with Crippen molar-refractivity contribution in [3.63, 3.8) is 0 Å². The van der Waals surface area contributed by atoms with Crippen LogP contribution in [0.15, 0.2) is 59.8 Å². The van der Waals surface area contributed by atoms with Gasteiger partial charge in [-0.25, -0.2) is 17.5 Å². The van der Waals surface area contributed by atoms with Crippen LogP contribution in [0.25, 0.3) is 16.8 Å². The van der Waals surface area contributed by atoms with Crippen molar-refractivity contribution in [3.05, 3.63) is 66.2 Å². The lowest BCUT2D eigenvalue weighted by Crippen LogP contribution is -1.99. The molecule has 0 aliphatic carbocycles. The van der Waals surface area contributed by atoms with Gasteiger partial charge in [0.05, 0.1) is 16.8 Å². The average molecular weight is 345 g/mol. The molecule has 0 aliphatic rings. The van der Waals surface area contributed by atoms with Gasteiger partial charge in [0.25, 0.3) is 0 Å². The molecular formula is C17H16FN3O2S. The molecule has 5 nitrogen and oxygen atoms in total. The zero-order chi connectivity index (χ0) is 17.3. The lowest BCUT2D eigenvalue weighted by molar-refractivity contribution is 0.602. The second kappa shape index (κ2) is 6.18. The maximum atomic E-state index is 13.6. The minimum atomic E-state index is -3.24. The first-order chi connectivity index (χ1) is 11.4. The van der Waals surface area contributed by atoms with Crippen molar-refractivity contribution < 1.29 is 12.8 Å². The molecule has 0 aliphatic heterocycles. The van der Waals surface area contributed by atoms with Crippen molar-refractivity contribution in [2.75, 3.05) is 6.26 Å². The molecule has 0 fully saturated rings. The lowest BCUT2D eigenvalue weighted by Gasteiger charge is -2.04. The number of sulfone groups is 1. The molecule has 24 heavy (non-hydrogen) atoms. The summed E-state index contributed by atoms with van der Waals surface area (Å²) in [6.45, 7) is 0.256. The van der Waals surface area contributed by atoms with E-state index in [1.165, 1.54) is 24.3 Å². The summed E-state index contributed by atoms with van der Waals surface area (Å²) >= 11 is 0. The number of hydrogen-bond acceptors (Lipinski definition) is 4. The predicted octanol–water partition coefficient (Wildman–Crippen LogP) is 2.54. The smallest absolute Gasteiger partial charge is 0.175 e. The number of halogens is 1. The highest BCUT2D eigenvalue weighted by molar-refractivity contribution is 7.90. The van der Waals surface area contributed by atoms with Crippen molar-refractivity contribution in [1.82, 2.24) is 9.78 Å². The van der Waals surface area contributed by atoms with E-state index in [-0.39, 0.29) is 17.3 Å². The van der Waals surface area contributed by atoms with Crippen LogP contribution in [0.1, 0.15) is 5.56 Å². The Morgan fingerprint density at radius 3 is 2.46 bits per heavy atom. The van der Waals surface area contributed by atoms with Gasteiger partial charge >= 0.3 is 0 Å². The highest BCUT2D eigenvalue weighted by Gasteiger charge is 2.09. The summed E-state index contributed by atoms with van der Waals surface area (Å²) in [5.41, 5.74) is 8.43. The maximum Gasteiger partial charge on any atom is 0.175 e. The molecule has 7 heteroatoms. The summed E-state index contributed by atoms with van der Waals surface area (Å²) in [5.74, 6) is -0.349. The highest BCUT2D eigenvalue weighted by atomic mass is 32.2. The highest BCUT2D eigenvalue weighted by Crippen LogP contribution is 2.23. The third kappa shape index (κ3) is 3.37. The second-order valence-electron chi connectivity index (χ2n) is 5.49. The summed E-state index contributed by atoms with van der Waals surface area (Å²) in [4.78, 5) is 0.247. The Morgan fingerprint density at radius 1 is 1.12 bits per heavy atom. The first kappa shape index (κ1) is 16.4. The fourth-order valence-corrected chi connectivity index (χ4v) is 3.02. The number of rotatable bonds is 4. The third-order valence-corrected chi connectivity index (χ3v) is 4.77. The standard InChI is InChI=1S/C17H16FN3O2S/c1-24(22,23)17-4-2-16(3-5-17)21-11-14(10-20-21)13-6-12(9-19)7-15(18)8-13/h2-8,10-11H,9,19H2,1H3. The van der Waals surface area contributed by atoms with Crippen molar-refractivity contribution in [2.45, 2.75) is 11.4 Å². The molecule has 0 saturated heterocycles. The van der Waals surface area contributed by atoms with Gasteiger partial charge in [-0.15, -0.1) is 0 Å². The number of nitrogens with two attached hydrogens (primary N) is 1. The number of hydrogen-bond donors (Lipinski definition) is 1. The van der Waals surface area contributed by atoms with Crippen LogP contribution in [0.3, 0.4) is 0 Å². The van der Waals surface area contributed by atoms with Gasteiger partial charge in [0.15, 0.2) is 9.84 Å². The van der Waals surface area contributed by atoms with Gasteiger partial charge in [-0.1, -0.05) is 0 Å². The summed E-state index contributed by atoms with van der Waals surface area (Å²) in [6.07, 6.45) is 4.54. The summed E-state index contributed by atoms with van der Waals surface area (Å²) < 4.78 is 38.2. The molecule has 0 unspecified atom stereocenters. The Morgan fingerprint density at radius 2 is 1.83 bits per heavy atom. The third-order valence-electron chi connectivity index (χ3n) is 3.64. The van der Waals surface area contributed by atoms with Crippen LogP contribution in [0, 0.1) is 5.82 Å². The van der Waals surface area contributed by atoms with Gasteiger partial charge in [-0.3, -0.25) is 0 Å². The van der Waals surface area contributed by atoms with E-state index in [4.69, 9.17) is 5.73 Å². The maximum absolute atomic E-state index is 13.6. The van der Waals surface area contributed by atoms with Gasteiger partial charge in [0.1, 0.15) is 5.82 Å². The summed E-state index contributed by atoms with van der Waals surface area (Å²) in [6, 6.07) is 11.0. The fraction of sp³-hybridized carbons (Fsp3) is 0.118. The van der Waals surface area contributed by atoms with Crippen LogP contribution in [-0.4, -0.2) is 24.5 Å². The van der Waals surface area contributed by atoms with Crippen LogP contribution >= 0.6 is 0 Å². The molecule has 0 radical (unpaired) electrons. The molecule has 0 bridgehead atoms. The number of nitrogens with zero attached hydrogens (tertiary/aromatic N) is 2. The van der Waals surface area contributed by atoms with E-state index < -0.39 is 9.84 Å². The van der Waals surface area contributed by atoms with Crippen LogP contribution in [0.2, 0.25) is 0 Å². The lowest BCUT2D eigenvalue weighted by atomic mass is 10.1. The van der Waals surface area contributed by atoms with Crippen LogP contribution in [0.5, 0.6) is 0 Å². The Hall–Kier alpha value is -2.51.